The number of rotatable bonds is 5. The Labute approximate surface area is 104 Å². The van der Waals surface area contributed by atoms with Crippen LogP contribution < -0.4 is 10.1 Å². The summed E-state index contributed by atoms with van der Waals surface area (Å²) in [6.07, 6.45) is 0.968. The van der Waals surface area contributed by atoms with E-state index in [1.165, 1.54) is 12.1 Å². The van der Waals surface area contributed by atoms with Crippen LogP contribution in [0.15, 0.2) is 24.3 Å². The van der Waals surface area contributed by atoms with E-state index in [4.69, 9.17) is 9.47 Å². The first-order valence-electron chi connectivity index (χ1n) is 5.72. The monoisotopic (exact) mass is 259 g/mol. The summed E-state index contributed by atoms with van der Waals surface area (Å²) in [6, 6.07) is 6.38. The maximum absolute atomic E-state index is 11.9. The molecular weight excluding hydrogens is 244 g/mol. The third-order valence-corrected chi connectivity index (χ3v) is 2.58. The van der Waals surface area contributed by atoms with Gasteiger partial charge in [0, 0.05) is 12.2 Å². The standard InChI is InChI=1S/C12H15F2NO3/c13-12(14)18-10-3-1-9(2-4-10)15-7-11-5-6-16-8-17-11/h1-4,11-12,15H,5-8H2. The Morgan fingerprint density at radius 1 is 1.33 bits per heavy atom. The topological polar surface area (TPSA) is 39.7 Å². The lowest BCUT2D eigenvalue weighted by atomic mass is 10.2. The predicted molar refractivity (Wildman–Crippen MR) is 61.9 cm³/mol. The van der Waals surface area contributed by atoms with Gasteiger partial charge in [-0.05, 0) is 30.7 Å². The number of ether oxygens (including phenoxy) is 3. The summed E-state index contributed by atoms with van der Waals surface area (Å²) < 4.78 is 38.6. The number of anilines is 1. The third-order valence-electron chi connectivity index (χ3n) is 2.58. The number of nitrogens with one attached hydrogen (secondary N) is 1. The molecule has 0 spiro atoms. The highest BCUT2D eigenvalue weighted by Crippen LogP contribution is 2.18. The Balaban J connectivity index is 1.78. The lowest BCUT2D eigenvalue weighted by molar-refractivity contribution is -0.133. The number of hydrogen-bond acceptors (Lipinski definition) is 4. The highest BCUT2D eigenvalue weighted by atomic mass is 19.3. The van der Waals surface area contributed by atoms with Crippen molar-refractivity contribution in [1.29, 1.82) is 0 Å². The van der Waals surface area contributed by atoms with E-state index in [-0.39, 0.29) is 11.9 Å². The van der Waals surface area contributed by atoms with Crippen molar-refractivity contribution in [3.8, 4) is 5.75 Å². The van der Waals surface area contributed by atoms with Crippen molar-refractivity contribution >= 4 is 5.69 Å². The Morgan fingerprint density at radius 3 is 2.72 bits per heavy atom. The van der Waals surface area contributed by atoms with E-state index in [9.17, 15) is 8.78 Å². The number of hydrogen-bond donors (Lipinski definition) is 1. The first-order chi connectivity index (χ1) is 8.74. The molecule has 4 nitrogen and oxygen atoms in total. The maximum atomic E-state index is 11.9. The number of halogens is 2. The van der Waals surface area contributed by atoms with Gasteiger partial charge in [-0.1, -0.05) is 0 Å². The Bertz CT molecular complexity index is 353. The van der Waals surface area contributed by atoms with Crippen molar-refractivity contribution in [2.45, 2.75) is 19.1 Å². The zero-order valence-corrected chi connectivity index (χ0v) is 9.77. The first-order valence-corrected chi connectivity index (χ1v) is 5.72. The normalized spacial score (nSPS) is 19.8. The molecule has 0 aliphatic carbocycles. The molecular formula is C12H15F2NO3. The highest BCUT2D eigenvalue weighted by molar-refractivity contribution is 5.46. The van der Waals surface area contributed by atoms with Crippen molar-refractivity contribution in [2.24, 2.45) is 0 Å². The summed E-state index contributed by atoms with van der Waals surface area (Å²) in [5.41, 5.74) is 0.840. The molecule has 1 N–H and O–H groups in total. The van der Waals surface area contributed by atoms with Crippen LogP contribution in [0.25, 0.3) is 0 Å². The van der Waals surface area contributed by atoms with Crippen molar-refractivity contribution in [3.05, 3.63) is 24.3 Å². The number of benzene rings is 1. The Morgan fingerprint density at radius 2 is 2.11 bits per heavy atom. The molecule has 0 aromatic heterocycles. The van der Waals surface area contributed by atoms with Crippen LogP contribution in [0.1, 0.15) is 6.42 Å². The zero-order chi connectivity index (χ0) is 12.8. The highest BCUT2D eigenvalue weighted by Gasteiger charge is 2.13. The molecule has 1 atom stereocenters. The van der Waals surface area contributed by atoms with E-state index in [0.29, 0.717) is 19.9 Å². The summed E-state index contributed by atoms with van der Waals surface area (Å²) in [6.45, 7) is -1.10. The summed E-state index contributed by atoms with van der Waals surface area (Å²) >= 11 is 0. The summed E-state index contributed by atoms with van der Waals surface area (Å²) in [7, 11) is 0. The number of alkyl halides is 2. The van der Waals surface area contributed by atoms with Crippen LogP contribution in [0, 0.1) is 0 Å². The first kappa shape index (κ1) is 13.0. The molecule has 1 aliphatic rings. The minimum atomic E-state index is -2.79. The van der Waals surface area contributed by atoms with Gasteiger partial charge in [0.25, 0.3) is 0 Å². The minimum Gasteiger partial charge on any atom is -0.435 e. The van der Waals surface area contributed by atoms with E-state index in [1.807, 2.05) is 0 Å². The fourth-order valence-electron chi connectivity index (χ4n) is 1.65. The average Bonchev–Trinajstić information content (AvgIpc) is 2.38. The maximum Gasteiger partial charge on any atom is 0.387 e. The fourth-order valence-corrected chi connectivity index (χ4v) is 1.65. The van der Waals surface area contributed by atoms with Gasteiger partial charge in [-0.3, -0.25) is 0 Å². The molecule has 18 heavy (non-hydrogen) atoms. The molecule has 1 fully saturated rings. The minimum absolute atomic E-state index is 0.121. The smallest absolute Gasteiger partial charge is 0.387 e. The SMILES string of the molecule is FC(F)Oc1ccc(NCC2CCOCO2)cc1. The lowest BCUT2D eigenvalue weighted by Gasteiger charge is -2.23. The van der Waals surface area contributed by atoms with Gasteiger partial charge < -0.3 is 19.5 Å². The molecule has 1 aromatic carbocycles. The van der Waals surface area contributed by atoms with Crippen LogP contribution in [0.2, 0.25) is 0 Å². The second kappa shape index (κ2) is 6.51. The molecule has 0 saturated carbocycles. The molecule has 0 amide bonds. The van der Waals surface area contributed by atoms with Gasteiger partial charge in [0.05, 0.1) is 12.7 Å². The van der Waals surface area contributed by atoms with Crippen molar-refractivity contribution in [1.82, 2.24) is 0 Å². The van der Waals surface area contributed by atoms with E-state index in [1.54, 1.807) is 12.1 Å². The molecule has 100 valence electrons. The molecule has 6 heteroatoms. The van der Waals surface area contributed by atoms with Gasteiger partial charge in [-0.2, -0.15) is 8.78 Å². The van der Waals surface area contributed by atoms with Crippen LogP contribution in [0.3, 0.4) is 0 Å². The second-order valence-electron chi connectivity index (χ2n) is 3.89. The van der Waals surface area contributed by atoms with E-state index < -0.39 is 6.61 Å². The lowest BCUT2D eigenvalue weighted by Crippen LogP contribution is -2.30. The molecule has 0 radical (unpaired) electrons. The molecule has 1 aromatic rings. The van der Waals surface area contributed by atoms with Gasteiger partial charge >= 0.3 is 6.61 Å². The fraction of sp³-hybridized carbons (Fsp3) is 0.500. The van der Waals surface area contributed by atoms with Crippen LogP contribution in [0.5, 0.6) is 5.75 Å². The van der Waals surface area contributed by atoms with Crippen LogP contribution >= 0.6 is 0 Å². The largest absolute Gasteiger partial charge is 0.435 e. The van der Waals surface area contributed by atoms with Crippen molar-refractivity contribution in [2.75, 3.05) is 25.3 Å². The van der Waals surface area contributed by atoms with Crippen LogP contribution in [-0.2, 0) is 9.47 Å². The Kier molecular flexibility index (Phi) is 4.72. The zero-order valence-electron chi connectivity index (χ0n) is 9.77. The molecule has 1 unspecified atom stereocenters. The Hall–Kier alpha value is -1.40. The summed E-state index contributed by atoms with van der Waals surface area (Å²) in [5, 5.41) is 3.17. The second-order valence-corrected chi connectivity index (χ2v) is 3.89. The molecule has 0 bridgehead atoms. The van der Waals surface area contributed by atoms with Gasteiger partial charge in [0.2, 0.25) is 0 Å². The van der Waals surface area contributed by atoms with Gasteiger partial charge in [-0.25, -0.2) is 0 Å². The molecule has 2 rings (SSSR count). The van der Waals surface area contributed by atoms with Crippen molar-refractivity contribution in [3.63, 3.8) is 0 Å². The van der Waals surface area contributed by atoms with Gasteiger partial charge in [0.1, 0.15) is 12.5 Å². The van der Waals surface area contributed by atoms with Crippen molar-refractivity contribution < 1.29 is 23.0 Å². The van der Waals surface area contributed by atoms with Crippen LogP contribution in [-0.4, -0.2) is 32.7 Å². The summed E-state index contributed by atoms with van der Waals surface area (Å²) in [5.74, 6) is 0.151. The van der Waals surface area contributed by atoms with Gasteiger partial charge in [-0.15, -0.1) is 0 Å². The average molecular weight is 259 g/mol. The van der Waals surface area contributed by atoms with E-state index >= 15 is 0 Å². The summed E-state index contributed by atoms with van der Waals surface area (Å²) in [4.78, 5) is 0. The third kappa shape index (κ3) is 4.12. The van der Waals surface area contributed by atoms with Crippen LogP contribution in [0.4, 0.5) is 14.5 Å². The molecule has 1 aliphatic heterocycles. The quantitative estimate of drug-likeness (QED) is 0.881. The van der Waals surface area contributed by atoms with E-state index in [2.05, 4.69) is 10.1 Å². The predicted octanol–water partition coefficient (Wildman–Crippen LogP) is 2.46. The molecule has 1 saturated heterocycles. The molecule has 1 heterocycles. The van der Waals surface area contributed by atoms with Gasteiger partial charge in [0.15, 0.2) is 0 Å². The van der Waals surface area contributed by atoms with E-state index in [0.717, 1.165) is 12.1 Å².